The first-order valence-electron chi connectivity index (χ1n) is 5.97. The first-order valence-corrected chi connectivity index (χ1v) is 5.97. The van der Waals surface area contributed by atoms with Crippen LogP contribution in [0.5, 0.6) is 0 Å². The van der Waals surface area contributed by atoms with Gasteiger partial charge in [0.05, 0.1) is 18.8 Å². The molecule has 0 amide bonds. The Bertz CT molecular complexity index is 265. The normalized spacial score (nSPS) is 29.6. The SMILES string of the molecule is C=CCCNC1COC(C)(C)O[C@H]1[C@H](O)C=C. The van der Waals surface area contributed by atoms with Crippen LogP contribution in [0.1, 0.15) is 20.3 Å². The molecule has 0 radical (unpaired) electrons. The molecule has 0 saturated carbocycles. The molecule has 1 rings (SSSR count). The molecule has 0 aromatic heterocycles. The molecule has 0 aromatic carbocycles. The van der Waals surface area contributed by atoms with Crippen molar-refractivity contribution in [3.63, 3.8) is 0 Å². The van der Waals surface area contributed by atoms with E-state index >= 15 is 0 Å². The third-order valence-electron chi connectivity index (χ3n) is 2.76. The summed E-state index contributed by atoms with van der Waals surface area (Å²) < 4.78 is 11.3. The molecule has 98 valence electrons. The summed E-state index contributed by atoms with van der Waals surface area (Å²) in [6.07, 6.45) is 3.19. The standard InChI is InChI=1S/C13H23NO3/c1-5-7-8-14-10-9-16-13(3,4)17-12(10)11(15)6-2/h5-6,10-12,14-15H,1-2,7-9H2,3-4H3/t10?,11-,12-/m1/s1. The van der Waals surface area contributed by atoms with Gasteiger partial charge in [0.1, 0.15) is 6.10 Å². The quantitative estimate of drug-likeness (QED) is 0.542. The van der Waals surface area contributed by atoms with Crippen LogP contribution in [0.15, 0.2) is 25.3 Å². The second kappa shape index (κ2) is 6.31. The van der Waals surface area contributed by atoms with E-state index < -0.39 is 11.9 Å². The van der Waals surface area contributed by atoms with E-state index in [0.717, 1.165) is 13.0 Å². The van der Waals surface area contributed by atoms with Crippen LogP contribution in [0.2, 0.25) is 0 Å². The Morgan fingerprint density at radius 1 is 1.53 bits per heavy atom. The van der Waals surface area contributed by atoms with E-state index in [1.165, 1.54) is 6.08 Å². The monoisotopic (exact) mass is 241 g/mol. The second-order valence-corrected chi connectivity index (χ2v) is 4.66. The molecule has 1 unspecified atom stereocenters. The second-order valence-electron chi connectivity index (χ2n) is 4.66. The van der Waals surface area contributed by atoms with Crippen LogP contribution >= 0.6 is 0 Å². The van der Waals surface area contributed by atoms with Gasteiger partial charge in [-0.15, -0.1) is 13.2 Å². The molecular formula is C13H23NO3. The summed E-state index contributed by atoms with van der Waals surface area (Å²) in [7, 11) is 0. The van der Waals surface area contributed by atoms with Crippen molar-refractivity contribution in [3.8, 4) is 0 Å². The number of ether oxygens (including phenoxy) is 2. The maximum absolute atomic E-state index is 9.88. The zero-order valence-corrected chi connectivity index (χ0v) is 10.7. The number of rotatable bonds is 6. The van der Waals surface area contributed by atoms with Gasteiger partial charge in [0, 0.05) is 0 Å². The van der Waals surface area contributed by atoms with Gasteiger partial charge in [-0.1, -0.05) is 12.2 Å². The lowest BCUT2D eigenvalue weighted by atomic mass is 10.0. The molecule has 0 spiro atoms. The van der Waals surface area contributed by atoms with Crippen LogP contribution in [0.3, 0.4) is 0 Å². The third kappa shape index (κ3) is 4.24. The molecule has 1 saturated heterocycles. The minimum absolute atomic E-state index is 0.0315. The van der Waals surface area contributed by atoms with Gasteiger partial charge in [0.25, 0.3) is 0 Å². The van der Waals surface area contributed by atoms with Crippen molar-refractivity contribution in [1.82, 2.24) is 5.32 Å². The van der Waals surface area contributed by atoms with Gasteiger partial charge in [-0.2, -0.15) is 0 Å². The minimum Gasteiger partial charge on any atom is -0.386 e. The Balaban J connectivity index is 2.60. The number of hydrogen-bond acceptors (Lipinski definition) is 4. The van der Waals surface area contributed by atoms with E-state index in [1.807, 2.05) is 19.9 Å². The lowest BCUT2D eigenvalue weighted by Gasteiger charge is -2.42. The van der Waals surface area contributed by atoms with E-state index in [1.54, 1.807) is 0 Å². The molecule has 4 heteroatoms. The van der Waals surface area contributed by atoms with Crippen molar-refractivity contribution in [2.45, 2.75) is 44.3 Å². The van der Waals surface area contributed by atoms with Crippen LogP contribution in [-0.4, -0.2) is 42.3 Å². The van der Waals surface area contributed by atoms with Crippen molar-refractivity contribution in [2.24, 2.45) is 0 Å². The molecule has 1 heterocycles. The van der Waals surface area contributed by atoms with Crippen molar-refractivity contribution in [2.75, 3.05) is 13.2 Å². The molecule has 0 aromatic rings. The third-order valence-corrected chi connectivity index (χ3v) is 2.76. The highest BCUT2D eigenvalue weighted by Crippen LogP contribution is 2.24. The summed E-state index contributed by atoms with van der Waals surface area (Å²) in [5.74, 6) is -0.661. The molecule has 17 heavy (non-hydrogen) atoms. The predicted octanol–water partition coefficient (Wildman–Crippen LogP) is 1.22. The summed E-state index contributed by atoms with van der Waals surface area (Å²) in [4.78, 5) is 0. The molecular weight excluding hydrogens is 218 g/mol. The van der Waals surface area contributed by atoms with E-state index in [4.69, 9.17) is 9.47 Å². The number of hydrogen-bond donors (Lipinski definition) is 2. The van der Waals surface area contributed by atoms with E-state index in [-0.39, 0.29) is 12.1 Å². The van der Waals surface area contributed by atoms with Crippen molar-refractivity contribution >= 4 is 0 Å². The van der Waals surface area contributed by atoms with E-state index in [0.29, 0.717) is 6.61 Å². The molecule has 4 nitrogen and oxygen atoms in total. The van der Waals surface area contributed by atoms with E-state index in [9.17, 15) is 5.11 Å². The lowest BCUT2D eigenvalue weighted by molar-refractivity contribution is -0.293. The summed E-state index contributed by atoms with van der Waals surface area (Å²) in [5, 5.41) is 13.2. The molecule has 0 aliphatic carbocycles. The van der Waals surface area contributed by atoms with Crippen LogP contribution < -0.4 is 5.32 Å². The molecule has 1 aliphatic heterocycles. The van der Waals surface area contributed by atoms with Gasteiger partial charge in [0.2, 0.25) is 0 Å². The Kier molecular flexibility index (Phi) is 5.33. The largest absolute Gasteiger partial charge is 0.386 e. The molecule has 1 fully saturated rings. The highest BCUT2D eigenvalue weighted by atomic mass is 16.7. The van der Waals surface area contributed by atoms with Gasteiger partial charge in [-0.25, -0.2) is 0 Å². The number of aliphatic hydroxyl groups is 1. The molecule has 2 N–H and O–H groups in total. The topological polar surface area (TPSA) is 50.7 Å². The first kappa shape index (κ1) is 14.4. The van der Waals surface area contributed by atoms with Crippen LogP contribution in [0.25, 0.3) is 0 Å². The fourth-order valence-corrected chi connectivity index (χ4v) is 1.82. The summed E-state index contributed by atoms with van der Waals surface area (Å²) in [6, 6.07) is -0.0315. The minimum atomic E-state index is -0.695. The zero-order chi connectivity index (χ0) is 12.9. The fraction of sp³-hybridized carbons (Fsp3) is 0.692. The Morgan fingerprint density at radius 3 is 2.82 bits per heavy atom. The number of aliphatic hydroxyl groups excluding tert-OH is 1. The van der Waals surface area contributed by atoms with Gasteiger partial charge in [-0.3, -0.25) is 0 Å². The molecule has 0 bridgehead atoms. The van der Waals surface area contributed by atoms with Crippen molar-refractivity contribution < 1.29 is 14.6 Å². The van der Waals surface area contributed by atoms with Crippen LogP contribution in [-0.2, 0) is 9.47 Å². The van der Waals surface area contributed by atoms with Gasteiger partial charge < -0.3 is 19.9 Å². The Labute approximate surface area is 103 Å². The van der Waals surface area contributed by atoms with E-state index in [2.05, 4.69) is 18.5 Å². The maximum Gasteiger partial charge on any atom is 0.163 e. The smallest absolute Gasteiger partial charge is 0.163 e. The summed E-state index contributed by atoms with van der Waals surface area (Å²) >= 11 is 0. The molecule has 1 aliphatic rings. The zero-order valence-electron chi connectivity index (χ0n) is 10.7. The average molecular weight is 241 g/mol. The average Bonchev–Trinajstić information content (AvgIpc) is 2.29. The Hall–Kier alpha value is -0.680. The lowest BCUT2D eigenvalue weighted by Crippen LogP contribution is -2.58. The highest BCUT2D eigenvalue weighted by Gasteiger charge is 2.39. The highest BCUT2D eigenvalue weighted by molar-refractivity contribution is 4.95. The van der Waals surface area contributed by atoms with Crippen LogP contribution in [0, 0.1) is 0 Å². The maximum atomic E-state index is 9.88. The van der Waals surface area contributed by atoms with Gasteiger partial charge in [-0.05, 0) is 26.8 Å². The van der Waals surface area contributed by atoms with Crippen molar-refractivity contribution in [1.29, 1.82) is 0 Å². The van der Waals surface area contributed by atoms with Crippen molar-refractivity contribution in [3.05, 3.63) is 25.3 Å². The number of nitrogens with one attached hydrogen (secondary N) is 1. The summed E-state index contributed by atoms with van der Waals surface area (Å²) in [6.45, 7) is 12.3. The Morgan fingerprint density at radius 2 is 2.24 bits per heavy atom. The van der Waals surface area contributed by atoms with Gasteiger partial charge in [0.15, 0.2) is 5.79 Å². The van der Waals surface area contributed by atoms with Gasteiger partial charge >= 0.3 is 0 Å². The fourth-order valence-electron chi connectivity index (χ4n) is 1.82. The summed E-state index contributed by atoms with van der Waals surface area (Å²) in [5.41, 5.74) is 0. The first-order chi connectivity index (χ1) is 8.00. The predicted molar refractivity (Wildman–Crippen MR) is 67.7 cm³/mol. The van der Waals surface area contributed by atoms with Crippen LogP contribution in [0.4, 0.5) is 0 Å². The molecule has 3 atom stereocenters.